The van der Waals surface area contributed by atoms with E-state index in [4.69, 9.17) is 0 Å². The minimum atomic E-state index is -0.348. The lowest BCUT2D eigenvalue weighted by Crippen LogP contribution is -2.14. The van der Waals surface area contributed by atoms with Gasteiger partial charge >= 0.3 is 0 Å². The Hall–Kier alpha value is -1.61. The molecule has 100 valence electrons. The van der Waals surface area contributed by atoms with Gasteiger partial charge in [0.2, 0.25) is 0 Å². The Bertz CT molecular complexity index is 561. The highest BCUT2D eigenvalue weighted by atomic mass is 16.3. The Morgan fingerprint density at radius 3 is 3.00 bits per heavy atom. The molecule has 1 aromatic heterocycles. The molecule has 1 N–H and O–H groups in total. The van der Waals surface area contributed by atoms with Crippen molar-refractivity contribution in [3.63, 3.8) is 0 Å². The zero-order chi connectivity index (χ0) is 13.2. The molecule has 19 heavy (non-hydrogen) atoms. The fourth-order valence-corrected chi connectivity index (χ4v) is 3.11. The van der Waals surface area contributed by atoms with E-state index in [2.05, 4.69) is 23.3 Å². The summed E-state index contributed by atoms with van der Waals surface area (Å²) in [5, 5.41) is 14.9. The minimum absolute atomic E-state index is 0.299. The monoisotopic (exact) mass is 256 g/mol. The Labute approximate surface area is 113 Å². The van der Waals surface area contributed by atoms with Crippen LogP contribution < -0.4 is 0 Å². The van der Waals surface area contributed by atoms with Gasteiger partial charge in [0.05, 0.1) is 12.3 Å². The van der Waals surface area contributed by atoms with Gasteiger partial charge in [-0.15, -0.1) is 0 Å². The molecule has 0 saturated carbocycles. The van der Waals surface area contributed by atoms with Gasteiger partial charge in [-0.1, -0.05) is 24.3 Å². The largest absolute Gasteiger partial charge is 0.388 e. The van der Waals surface area contributed by atoms with E-state index in [1.54, 1.807) is 0 Å². The van der Waals surface area contributed by atoms with Crippen LogP contribution in [0.3, 0.4) is 0 Å². The van der Waals surface area contributed by atoms with E-state index in [-0.39, 0.29) is 6.10 Å². The Morgan fingerprint density at radius 2 is 2.21 bits per heavy atom. The van der Waals surface area contributed by atoms with Gasteiger partial charge < -0.3 is 5.11 Å². The number of hydrogen-bond acceptors (Lipinski definition) is 2. The smallest absolute Gasteiger partial charge is 0.0824 e. The van der Waals surface area contributed by atoms with Crippen LogP contribution in [-0.2, 0) is 19.9 Å². The molecule has 0 bridgehead atoms. The van der Waals surface area contributed by atoms with E-state index in [9.17, 15) is 5.11 Å². The second-order valence-electron chi connectivity index (χ2n) is 5.52. The molecule has 1 aromatic carbocycles. The maximum Gasteiger partial charge on any atom is 0.0824 e. The molecule has 3 heteroatoms. The Balaban J connectivity index is 1.83. The van der Waals surface area contributed by atoms with E-state index in [0.29, 0.717) is 5.92 Å². The molecule has 0 fully saturated rings. The van der Waals surface area contributed by atoms with Crippen LogP contribution >= 0.6 is 0 Å². The molecular formula is C16H20N2O. The molecule has 3 nitrogen and oxygen atoms in total. The van der Waals surface area contributed by atoms with Crippen LogP contribution in [0.5, 0.6) is 0 Å². The predicted octanol–water partition coefficient (Wildman–Crippen LogP) is 2.65. The highest BCUT2D eigenvalue weighted by Gasteiger charge is 2.26. The van der Waals surface area contributed by atoms with E-state index >= 15 is 0 Å². The van der Waals surface area contributed by atoms with Crippen LogP contribution in [0.15, 0.2) is 36.7 Å². The molecule has 0 spiro atoms. The fraction of sp³-hybridized carbons (Fsp3) is 0.438. The molecule has 0 radical (unpaired) electrons. The Kier molecular flexibility index (Phi) is 3.38. The van der Waals surface area contributed by atoms with E-state index < -0.39 is 0 Å². The summed E-state index contributed by atoms with van der Waals surface area (Å²) in [6.45, 7) is 0. The molecule has 0 aliphatic heterocycles. The number of rotatable bonds is 2. The highest BCUT2D eigenvalue weighted by Crippen LogP contribution is 2.34. The summed E-state index contributed by atoms with van der Waals surface area (Å²) in [5.74, 6) is 0.299. The predicted molar refractivity (Wildman–Crippen MR) is 74.7 cm³/mol. The van der Waals surface area contributed by atoms with Crippen molar-refractivity contribution in [3.05, 3.63) is 53.3 Å². The number of hydrogen-bond donors (Lipinski definition) is 1. The van der Waals surface area contributed by atoms with Crippen molar-refractivity contribution in [3.8, 4) is 0 Å². The van der Waals surface area contributed by atoms with Gasteiger partial charge in [0.1, 0.15) is 0 Å². The van der Waals surface area contributed by atoms with Crippen molar-refractivity contribution >= 4 is 0 Å². The van der Waals surface area contributed by atoms with Crippen molar-refractivity contribution < 1.29 is 5.11 Å². The molecular weight excluding hydrogens is 236 g/mol. The maximum atomic E-state index is 10.6. The molecule has 2 unspecified atom stereocenters. The summed E-state index contributed by atoms with van der Waals surface area (Å²) < 4.78 is 1.83. The molecule has 1 aliphatic carbocycles. The lowest BCUT2D eigenvalue weighted by Gasteiger charge is -2.21. The van der Waals surface area contributed by atoms with E-state index in [0.717, 1.165) is 31.2 Å². The quantitative estimate of drug-likeness (QED) is 0.839. The average Bonchev–Trinajstić information content (AvgIpc) is 2.75. The average molecular weight is 256 g/mol. The van der Waals surface area contributed by atoms with Gasteiger partial charge in [0.25, 0.3) is 0 Å². The molecule has 2 aromatic rings. The van der Waals surface area contributed by atoms with Crippen molar-refractivity contribution in [2.45, 2.75) is 31.8 Å². The fourth-order valence-electron chi connectivity index (χ4n) is 3.11. The minimum Gasteiger partial charge on any atom is -0.388 e. The number of aryl methyl sites for hydroxylation is 2. The molecule has 2 atom stereocenters. The van der Waals surface area contributed by atoms with Crippen molar-refractivity contribution in [1.82, 2.24) is 9.78 Å². The zero-order valence-corrected chi connectivity index (χ0v) is 11.3. The SMILES string of the molecule is Cn1cc(CC2CCCc3ccccc3C2O)cn1. The lowest BCUT2D eigenvalue weighted by molar-refractivity contribution is 0.105. The lowest BCUT2D eigenvalue weighted by atomic mass is 9.89. The van der Waals surface area contributed by atoms with Crippen LogP contribution in [0.4, 0.5) is 0 Å². The molecule has 0 saturated heterocycles. The van der Waals surface area contributed by atoms with Gasteiger partial charge in [-0.25, -0.2) is 0 Å². The molecule has 3 rings (SSSR count). The second-order valence-corrected chi connectivity index (χ2v) is 5.52. The van der Waals surface area contributed by atoms with E-state index in [1.807, 2.05) is 30.2 Å². The first-order valence-electron chi connectivity index (χ1n) is 6.97. The molecule has 1 aliphatic rings. The van der Waals surface area contributed by atoms with Crippen molar-refractivity contribution in [2.24, 2.45) is 13.0 Å². The summed E-state index contributed by atoms with van der Waals surface area (Å²) in [6.07, 6.45) is 7.82. The number of fused-ring (bicyclic) bond motifs is 1. The number of aliphatic hydroxyl groups is 1. The first kappa shape index (κ1) is 12.4. The van der Waals surface area contributed by atoms with Crippen LogP contribution in [0.25, 0.3) is 0 Å². The summed E-state index contributed by atoms with van der Waals surface area (Å²) in [7, 11) is 1.93. The first-order valence-corrected chi connectivity index (χ1v) is 6.97. The van der Waals surface area contributed by atoms with Crippen molar-refractivity contribution in [1.29, 1.82) is 0 Å². The standard InChI is InChI=1S/C16H20N2O/c1-18-11-12(10-17-18)9-14-7-4-6-13-5-2-3-8-15(13)16(14)19/h2-3,5,8,10-11,14,16,19H,4,6-7,9H2,1H3. The normalized spacial score (nSPS) is 22.8. The Morgan fingerprint density at radius 1 is 1.37 bits per heavy atom. The molecule has 1 heterocycles. The third-order valence-corrected chi connectivity index (χ3v) is 4.10. The van der Waals surface area contributed by atoms with Crippen LogP contribution in [-0.4, -0.2) is 14.9 Å². The van der Waals surface area contributed by atoms with Gasteiger partial charge in [0.15, 0.2) is 0 Å². The van der Waals surface area contributed by atoms with Crippen LogP contribution in [0, 0.1) is 5.92 Å². The van der Waals surface area contributed by atoms with Gasteiger partial charge in [-0.05, 0) is 48.3 Å². The number of aliphatic hydroxyl groups excluding tert-OH is 1. The topological polar surface area (TPSA) is 38.0 Å². The summed E-state index contributed by atoms with van der Waals surface area (Å²) in [5.41, 5.74) is 3.64. The number of aromatic nitrogens is 2. The highest BCUT2D eigenvalue weighted by molar-refractivity contribution is 5.31. The van der Waals surface area contributed by atoms with Gasteiger partial charge in [-0.2, -0.15) is 5.10 Å². The summed E-state index contributed by atoms with van der Waals surface area (Å²) >= 11 is 0. The third-order valence-electron chi connectivity index (χ3n) is 4.10. The van der Waals surface area contributed by atoms with Crippen molar-refractivity contribution in [2.75, 3.05) is 0 Å². The van der Waals surface area contributed by atoms with Crippen LogP contribution in [0.1, 0.15) is 35.6 Å². The second kappa shape index (κ2) is 5.17. The summed E-state index contributed by atoms with van der Waals surface area (Å²) in [6, 6.07) is 8.30. The van der Waals surface area contributed by atoms with Crippen LogP contribution in [0.2, 0.25) is 0 Å². The first-order chi connectivity index (χ1) is 9.24. The zero-order valence-electron chi connectivity index (χ0n) is 11.3. The van der Waals surface area contributed by atoms with Gasteiger partial charge in [-0.3, -0.25) is 4.68 Å². The third kappa shape index (κ3) is 2.56. The van der Waals surface area contributed by atoms with E-state index in [1.165, 1.54) is 11.1 Å². The summed E-state index contributed by atoms with van der Waals surface area (Å²) in [4.78, 5) is 0. The molecule has 0 amide bonds. The van der Waals surface area contributed by atoms with Gasteiger partial charge in [0, 0.05) is 13.2 Å². The number of benzene rings is 1. The number of nitrogens with zero attached hydrogens (tertiary/aromatic N) is 2. The maximum absolute atomic E-state index is 10.6.